The van der Waals surface area contributed by atoms with Gasteiger partial charge in [0.25, 0.3) is 0 Å². The fourth-order valence-corrected chi connectivity index (χ4v) is 6.42. The molecular formula is C37H43N5O5. The first kappa shape index (κ1) is 32.3. The second-order valence-electron chi connectivity index (χ2n) is 12.0. The van der Waals surface area contributed by atoms with Crippen molar-refractivity contribution in [3.05, 3.63) is 95.4 Å². The number of aromatic nitrogens is 2. The number of methoxy groups -OCH3 is 2. The minimum Gasteiger partial charge on any atom is -0.497 e. The van der Waals surface area contributed by atoms with Crippen LogP contribution in [0.5, 0.6) is 17.2 Å². The van der Waals surface area contributed by atoms with Gasteiger partial charge in [0.1, 0.15) is 28.9 Å². The van der Waals surface area contributed by atoms with Gasteiger partial charge in [-0.25, -0.2) is 19.7 Å². The number of hydrogen-bond donors (Lipinski definition) is 0. The molecule has 10 nitrogen and oxygen atoms in total. The monoisotopic (exact) mass is 637 g/mol. The molecule has 2 saturated heterocycles. The highest BCUT2D eigenvalue weighted by molar-refractivity contribution is 5.98. The Morgan fingerprint density at radius 3 is 2.32 bits per heavy atom. The number of carbonyl (C=O) groups is 1. The van der Waals surface area contributed by atoms with Gasteiger partial charge in [-0.3, -0.25) is 4.90 Å². The molecule has 0 aliphatic carbocycles. The number of carbonyl (C=O) groups excluding carboxylic acids is 1. The van der Waals surface area contributed by atoms with E-state index in [1.165, 1.54) is 23.4 Å². The van der Waals surface area contributed by atoms with Crippen molar-refractivity contribution in [1.82, 2.24) is 14.9 Å². The summed E-state index contributed by atoms with van der Waals surface area (Å²) in [5.41, 5.74) is 4.49. The SMILES string of the molecule is COc1ccc(N(C(=O)Oc2c(C)cccc2C)c2ccnc(Cc3ccc(N4CCC(N5CCOCC5)CC4)cc3)n2)c(OC)c1. The third-order valence-corrected chi connectivity index (χ3v) is 9.02. The summed E-state index contributed by atoms with van der Waals surface area (Å²) in [7, 11) is 3.13. The van der Waals surface area contributed by atoms with Crippen LogP contribution in [-0.4, -0.2) is 80.6 Å². The van der Waals surface area contributed by atoms with E-state index in [-0.39, 0.29) is 0 Å². The molecule has 47 heavy (non-hydrogen) atoms. The maximum Gasteiger partial charge on any atom is 0.425 e. The lowest BCUT2D eigenvalue weighted by Crippen LogP contribution is -2.49. The quantitative estimate of drug-likeness (QED) is 0.209. The Bertz CT molecular complexity index is 1650. The summed E-state index contributed by atoms with van der Waals surface area (Å²) < 4.78 is 22.6. The predicted octanol–water partition coefficient (Wildman–Crippen LogP) is 6.34. The van der Waals surface area contributed by atoms with E-state index in [0.29, 0.717) is 47.0 Å². The van der Waals surface area contributed by atoms with Gasteiger partial charge in [0.2, 0.25) is 0 Å². The highest BCUT2D eigenvalue weighted by Gasteiger charge is 2.28. The van der Waals surface area contributed by atoms with Crippen molar-refractivity contribution in [2.75, 3.05) is 63.4 Å². The normalized spacial score (nSPS) is 15.7. The molecule has 0 atom stereocenters. The van der Waals surface area contributed by atoms with Crippen LogP contribution in [0.1, 0.15) is 35.4 Å². The number of rotatable bonds is 9. The number of aryl methyl sites for hydroxylation is 2. The van der Waals surface area contributed by atoms with Crippen molar-refractivity contribution >= 4 is 23.3 Å². The van der Waals surface area contributed by atoms with Gasteiger partial charge in [0.15, 0.2) is 0 Å². The van der Waals surface area contributed by atoms with E-state index >= 15 is 0 Å². The number of hydrogen-bond acceptors (Lipinski definition) is 9. The summed E-state index contributed by atoms with van der Waals surface area (Å²) in [5, 5.41) is 0. The van der Waals surface area contributed by atoms with E-state index in [0.717, 1.165) is 56.1 Å². The zero-order valence-electron chi connectivity index (χ0n) is 27.6. The fourth-order valence-electron chi connectivity index (χ4n) is 6.42. The molecule has 0 N–H and O–H groups in total. The topological polar surface area (TPSA) is 89.5 Å². The molecule has 2 aliphatic rings. The summed E-state index contributed by atoms with van der Waals surface area (Å²) >= 11 is 0. The van der Waals surface area contributed by atoms with Gasteiger partial charge in [0.05, 0.1) is 33.1 Å². The molecule has 10 heteroatoms. The summed E-state index contributed by atoms with van der Waals surface area (Å²) in [5.74, 6) is 2.50. The van der Waals surface area contributed by atoms with Crippen molar-refractivity contribution in [1.29, 1.82) is 0 Å². The molecular weight excluding hydrogens is 594 g/mol. The van der Waals surface area contributed by atoms with Crippen LogP contribution in [0.3, 0.4) is 0 Å². The molecule has 246 valence electrons. The number of anilines is 3. The first-order chi connectivity index (χ1) is 22.9. The molecule has 0 spiro atoms. The zero-order chi connectivity index (χ0) is 32.8. The van der Waals surface area contributed by atoms with Gasteiger partial charge < -0.3 is 23.8 Å². The number of ether oxygens (including phenoxy) is 4. The van der Waals surface area contributed by atoms with Crippen molar-refractivity contribution in [2.24, 2.45) is 0 Å². The highest BCUT2D eigenvalue weighted by atomic mass is 16.6. The van der Waals surface area contributed by atoms with Crippen LogP contribution in [0.25, 0.3) is 0 Å². The summed E-state index contributed by atoms with van der Waals surface area (Å²) in [6.07, 6.45) is 3.90. The smallest absolute Gasteiger partial charge is 0.425 e. The largest absolute Gasteiger partial charge is 0.497 e. The second-order valence-corrected chi connectivity index (χ2v) is 12.0. The molecule has 0 bridgehead atoms. The summed E-state index contributed by atoms with van der Waals surface area (Å²) in [6, 6.07) is 22.0. The van der Waals surface area contributed by atoms with Crippen LogP contribution in [0, 0.1) is 13.8 Å². The summed E-state index contributed by atoms with van der Waals surface area (Å²) in [4.78, 5) is 29.8. The molecule has 0 radical (unpaired) electrons. The van der Waals surface area contributed by atoms with Crippen LogP contribution < -0.4 is 24.0 Å². The van der Waals surface area contributed by atoms with E-state index in [4.69, 9.17) is 23.9 Å². The lowest BCUT2D eigenvalue weighted by molar-refractivity contribution is 0.0115. The highest BCUT2D eigenvalue weighted by Crippen LogP contribution is 2.37. The van der Waals surface area contributed by atoms with Crippen LogP contribution >= 0.6 is 0 Å². The lowest BCUT2D eigenvalue weighted by atomic mass is 10.0. The second kappa shape index (κ2) is 14.8. The van der Waals surface area contributed by atoms with Gasteiger partial charge in [-0.2, -0.15) is 0 Å². The molecule has 0 saturated carbocycles. The number of piperidine rings is 1. The van der Waals surface area contributed by atoms with E-state index in [1.54, 1.807) is 44.7 Å². The minimum atomic E-state index is -0.614. The average molecular weight is 638 g/mol. The molecule has 6 rings (SSSR count). The van der Waals surface area contributed by atoms with Gasteiger partial charge >= 0.3 is 6.09 Å². The van der Waals surface area contributed by atoms with E-state index in [1.807, 2.05) is 32.0 Å². The van der Waals surface area contributed by atoms with Crippen LogP contribution in [0.4, 0.5) is 22.0 Å². The lowest BCUT2D eigenvalue weighted by Gasteiger charge is -2.40. The van der Waals surface area contributed by atoms with Gasteiger partial charge in [-0.15, -0.1) is 0 Å². The maximum atomic E-state index is 14.0. The van der Waals surface area contributed by atoms with Crippen molar-refractivity contribution in [3.8, 4) is 17.2 Å². The van der Waals surface area contributed by atoms with Gasteiger partial charge in [0, 0.05) is 56.6 Å². The number of morpholine rings is 1. The van der Waals surface area contributed by atoms with E-state index in [2.05, 4.69) is 39.0 Å². The first-order valence-electron chi connectivity index (χ1n) is 16.2. The Hall–Kier alpha value is -4.67. The first-order valence-corrected chi connectivity index (χ1v) is 16.2. The standard InChI is InChI=1S/C37H43N5O5/c1-26-6-5-7-27(2)36(26)47-37(43)42(32-13-12-31(44-3)25-33(32)45-4)35-14-17-38-34(39-35)24-28-8-10-29(11-9-28)40-18-15-30(16-19-40)41-20-22-46-23-21-41/h5-14,17,25,30H,15-16,18-24H2,1-4H3. The fraction of sp³-hybridized carbons (Fsp3) is 0.378. The Morgan fingerprint density at radius 2 is 1.64 bits per heavy atom. The van der Waals surface area contributed by atoms with E-state index < -0.39 is 6.09 Å². The van der Waals surface area contributed by atoms with Crippen molar-refractivity contribution < 1.29 is 23.7 Å². The molecule has 4 aromatic rings. The Kier molecular flexibility index (Phi) is 10.2. The molecule has 2 fully saturated rings. The number of nitrogens with zero attached hydrogens (tertiary/aromatic N) is 5. The average Bonchev–Trinajstić information content (AvgIpc) is 3.11. The van der Waals surface area contributed by atoms with Gasteiger partial charge in [-0.05, 0) is 73.7 Å². The molecule has 3 heterocycles. The molecule has 3 aromatic carbocycles. The minimum absolute atomic E-state index is 0.370. The van der Waals surface area contributed by atoms with Crippen LogP contribution in [-0.2, 0) is 11.2 Å². The molecule has 1 aromatic heterocycles. The Morgan fingerprint density at radius 1 is 0.915 bits per heavy atom. The summed E-state index contributed by atoms with van der Waals surface area (Å²) in [6.45, 7) is 9.71. The predicted molar refractivity (Wildman–Crippen MR) is 183 cm³/mol. The van der Waals surface area contributed by atoms with Crippen molar-refractivity contribution in [3.63, 3.8) is 0 Å². The molecule has 0 unspecified atom stereocenters. The van der Waals surface area contributed by atoms with E-state index in [9.17, 15) is 4.79 Å². The Balaban J connectivity index is 1.20. The number of amides is 1. The Labute approximate surface area is 276 Å². The third-order valence-electron chi connectivity index (χ3n) is 9.02. The zero-order valence-corrected chi connectivity index (χ0v) is 27.6. The van der Waals surface area contributed by atoms with Crippen LogP contribution in [0.2, 0.25) is 0 Å². The van der Waals surface area contributed by atoms with Crippen molar-refractivity contribution in [2.45, 2.75) is 39.2 Å². The molecule has 2 aliphatic heterocycles. The molecule has 1 amide bonds. The maximum absolute atomic E-state index is 14.0. The number of para-hydroxylation sites is 1. The third kappa shape index (κ3) is 7.50. The number of benzene rings is 3. The van der Waals surface area contributed by atoms with Gasteiger partial charge in [-0.1, -0.05) is 30.3 Å². The van der Waals surface area contributed by atoms with Crippen LogP contribution in [0.15, 0.2) is 72.9 Å².